The molecule has 0 spiro atoms. The highest BCUT2D eigenvalue weighted by Gasteiger charge is 2.31. The molecule has 1 aromatic carbocycles. The first-order valence-electron chi connectivity index (χ1n) is 7.99. The van der Waals surface area contributed by atoms with E-state index in [2.05, 4.69) is 6.07 Å². The monoisotopic (exact) mass is 343 g/mol. The van der Waals surface area contributed by atoms with Crippen LogP contribution in [0.4, 0.5) is 0 Å². The molecule has 1 heterocycles. The SMILES string of the molecule is COc1c(C)c2c(c(C#N)c1CC=C(C)C[C@H](C)C(=O)O)C(=O)OC2. The normalized spacial score (nSPS) is 14.5. The Bertz CT molecular complexity index is 801. The van der Waals surface area contributed by atoms with E-state index in [1.54, 1.807) is 6.92 Å². The van der Waals surface area contributed by atoms with E-state index in [0.29, 0.717) is 35.3 Å². The maximum Gasteiger partial charge on any atom is 0.340 e. The van der Waals surface area contributed by atoms with E-state index < -0.39 is 17.9 Å². The second-order valence-electron chi connectivity index (χ2n) is 6.25. The van der Waals surface area contributed by atoms with Crippen LogP contribution in [0.2, 0.25) is 0 Å². The maximum atomic E-state index is 12.0. The summed E-state index contributed by atoms with van der Waals surface area (Å²) in [5.41, 5.74) is 3.62. The van der Waals surface area contributed by atoms with Gasteiger partial charge in [0, 0.05) is 11.1 Å². The number of benzene rings is 1. The standard InChI is InChI=1S/C19H21NO5/c1-10(7-11(2)18(21)22)5-6-13-14(8-20)16-15(9-25-19(16)23)12(3)17(13)24-4/h5,11H,6-7,9H2,1-4H3,(H,21,22)/t11-/m0/s1. The molecule has 1 N–H and O–H groups in total. The maximum absolute atomic E-state index is 12.0. The van der Waals surface area contributed by atoms with Gasteiger partial charge in [0.2, 0.25) is 0 Å². The van der Waals surface area contributed by atoms with E-state index >= 15 is 0 Å². The van der Waals surface area contributed by atoms with Crippen molar-refractivity contribution in [3.63, 3.8) is 0 Å². The number of carboxylic acid groups (broad SMARTS) is 1. The highest BCUT2D eigenvalue weighted by atomic mass is 16.5. The Morgan fingerprint density at radius 3 is 2.76 bits per heavy atom. The molecule has 1 aliphatic rings. The van der Waals surface area contributed by atoms with Gasteiger partial charge < -0.3 is 14.6 Å². The Hall–Kier alpha value is -2.81. The first-order chi connectivity index (χ1) is 11.8. The Morgan fingerprint density at radius 1 is 1.52 bits per heavy atom. The Balaban J connectivity index is 2.46. The average molecular weight is 343 g/mol. The summed E-state index contributed by atoms with van der Waals surface area (Å²) in [6.45, 7) is 5.49. The van der Waals surface area contributed by atoms with Crippen LogP contribution in [0.1, 0.15) is 52.9 Å². The molecule has 0 bridgehead atoms. The van der Waals surface area contributed by atoms with E-state index in [4.69, 9.17) is 14.6 Å². The van der Waals surface area contributed by atoms with Crippen LogP contribution in [0, 0.1) is 24.2 Å². The lowest BCUT2D eigenvalue weighted by Crippen LogP contribution is -2.10. The van der Waals surface area contributed by atoms with Crippen LogP contribution < -0.4 is 4.74 Å². The van der Waals surface area contributed by atoms with E-state index in [0.717, 1.165) is 11.1 Å². The fourth-order valence-corrected chi connectivity index (χ4v) is 3.11. The summed E-state index contributed by atoms with van der Waals surface area (Å²) in [7, 11) is 1.53. The minimum absolute atomic E-state index is 0.149. The largest absolute Gasteiger partial charge is 0.496 e. The minimum atomic E-state index is -0.848. The molecule has 1 atom stereocenters. The number of carboxylic acids is 1. The van der Waals surface area contributed by atoms with Crippen LogP contribution >= 0.6 is 0 Å². The lowest BCUT2D eigenvalue weighted by atomic mass is 9.90. The number of nitriles is 1. The van der Waals surface area contributed by atoms with Gasteiger partial charge in [-0.1, -0.05) is 18.6 Å². The van der Waals surface area contributed by atoms with Crippen LogP contribution in [0.25, 0.3) is 0 Å². The van der Waals surface area contributed by atoms with E-state index in [9.17, 15) is 14.9 Å². The van der Waals surface area contributed by atoms with Crippen molar-refractivity contribution in [2.45, 2.75) is 40.2 Å². The summed E-state index contributed by atoms with van der Waals surface area (Å²) < 4.78 is 10.6. The quantitative estimate of drug-likeness (QED) is 0.629. The van der Waals surface area contributed by atoms with Crippen molar-refractivity contribution >= 4 is 11.9 Å². The molecule has 0 saturated heterocycles. The fraction of sp³-hybridized carbons (Fsp3) is 0.421. The molecule has 1 aliphatic heterocycles. The first kappa shape index (κ1) is 18.5. The van der Waals surface area contributed by atoms with Gasteiger partial charge in [-0.2, -0.15) is 5.26 Å². The summed E-state index contributed by atoms with van der Waals surface area (Å²) in [6, 6.07) is 2.11. The highest BCUT2D eigenvalue weighted by molar-refractivity contribution is 5.97. The molecule has 132 valence electrons. The number of nitrogens with zero attached hydrogens (tertiary/aromatic N) is 1. The topological polar surface area (TPSA) is 96.6 Å². The molecule has 0 fully saturated rings. The second-order valence-corrected chi connectivity index (χ2v) is 6.25. The van der Waals surface area contributed by atoms with Gasteiger partial charge >= 0.3 is 11.9 Å². The van der Waals surface area contributed by atoms with Crippen molar-refractivity contribution in [2.75, 3.05) is 7.11 Å². The predicted octanol–water partition coefficient (Wildman–Crippen LogP) is 3.15. The van der Waals surface area contributed by atoms with Crippen LogP contribution in [0.3, 0.4) is 0 Å². The molecule has 0 unspecified atom stereocenters. The average Bonchev–Trinajstić information content (AvgIpc) is 2.95. The van der Waals surface area contributed by atoms with Crippen molar-refractivity contribution in [3.05, 3.63) is 39.5 Å². The summed E-state index contributed by atoms with van der Waals surface area (Å²) in [5, 5.41) is 18.6. The molecular weight excluding hydrogens is 322 g/mol. The van der Waals surface area contributed by atoms with Gasteiger partial charge in [-0.25, -0.2) is 4.79 Å². The minimum Gasteiger partial charge on any atom is -0.496 e. The van der Waals surface area contributed by atoms with Crippen LogP contribution in [-0.4, -0.2) is 24.2 Å². The number of carbonyl (C=O) groups is 2. The molecule has 0 aromatic heterocycles. The van der Waals surface area contributed by atoms with Crippen molar-refractivity contribution < 1.29 is 24.2 Å². The zero-order valence-corrected chi connectivity index (χ0v) is 14.8. The number of cyclic esters (lactones) is 1. The first-order valence-corrected chi connectivity index (χ1v) is 7.99. The summed E-state index contributed by atoms with van der Waals surface area (Å²) in [5.74, 6) is -1.24. The number of hydrogen-bond acceptors (Lipinski definition) is 5. The summed E-state index contributed by atoms with van der Waals surface area (Å²) in [4.78, 5) is 23.0. The Kier molecular flexibility index (Phi) is 5.48. The van der Waals surface area contributed by atoms with Crippen molar-refractivity contribution in [3.8, 4) is 11.8 Å². The number of ether oxygens (including phenoxy) is 2. The molecule has 0 amide bonds. The van der Waals surface area contributed by atoms with E-state index in [-0.39, 0.29) is 12.2 Å². The second kappa shape index (κ2) is 7.39. The zero-order valence-electron chi connectivity index (χ0n) is 14.8. The van der Waals surface area contributed by atoms with Gasteiger partial charge in [0.15, 0.2) is 0 Å². The molecule has 6 heteroatoms. The molecule has 1 aromatic rings. The lowest BCUT2D eigenvalue weighted by molar-refractivity contribution is -0.141. The zero-order chi connectivity index (χ0) is 18.7. The molecule has 0 radical (unpaired) electrons. The van der Waals surface area contributed by atoms with Crippen molar-refractivity contribution in [1.82, 2.24) is 0 Å². The molecule has 0 saturated carbocycles. The number of carbonyl (C=O) groups excluding carboxylic acids is 1. The van der Waals surface area contributed by atoms with Crippen LogP contribution in [-0.2, 0) is 22.6 Å². The van der Waals surface area contributed by atoms with Gasteiger partial charge in [-0.15, -0.1) is 0 Å². The van der Waals surface area contributed by atoms with Crippen LogP contribution in [0.15, 0.2) is 11.6 Å². The van der Waals surface area contributed by atoms with Gasteiger partial charge in [-0.05, 0) is 32.3 Å². The smallest absolute Gasteiger partial charge is 0.340 e. The third-order valence-electron chi connectivity index (χ3n) is 4.49. The number of hydrogen-bond donors (Lipinski definition) is 1. The number of rotatable bonds is 6. The van der Waals surface area contributed by atoms with E-state index in [1.165, 1.54) is 7.11 Å². The third kappa shape index (κ3) is 3.50. The van der Waals surface area contributed by atoms with Gasteiger partial charge in [0.05, 0.1) is 24.2 Å². The van der Waals surface area contributed by atoms with Crippen molar-refractivity contribution in [1.29, 1.82) is 5.26 Å². The number of methoxy groups -OCH3 is 1. The summed E-state index contributed by atoms with van der Waals surface area (Å²) in [6.07, 6.45) is 2.68. The molecule has 6 nitrogen and oxygen atoms in total. The number of fused-ring (bicyclic) bond motifs is 1. The Morgan fingerprint density at radius 2 is 2.20 bits per heavy atom. The molecular formula is C19H21NO5. The number of esters is 1. The van der Waals surface area contributed by atoms with E-state index in [1.807, 2.05) is 19.9 Å². The van der Waals surface area contributed by atoms with Gasteiger partial charge in [-0.3, -0.25) is 4.79 Å². The molecule has 2 rings (SSSR count). The fourth-order valence-electron chi connectivity index (χ4n) is 3.11. The third-order valence-corrected chi connectivity index (χ3v) is 4.49. The Labute approximate surface area is 146 Å². The summed E-state index contributed by atoms with van der Waals surface area (Å²) >= 11 is 0. The van der Waals surface area contributed by atoms with Gasteiger partial charge in [0.25, 0.3) is 0 Å². The molecule has 0 aliphatic carbocycles. The van der Waals surface area contributed by atoms with Crippen LogP contribution in [0.5, 0.6) is 5.75 Å². The lowest BCUT2D eigenvalue weighted by Gasteiger charge is -2.16. The highest BCUT2D eigenvalue weighted by Crippen LogP contribution is 2.37. The van der Waals surface area contributed by atoms with Gasteiger partial charge in [0.1, 0.15) is 18.4 Å². The number of aliphatic carboxylic acids is 1. The molecule has 25 heavy (non-hydrogen) atoms. The van der Waals surface area contributed by atoms with Crippen molar-refractivity contribution in [2.24, 2.45) is 5.92 Å². The predicted molar refractivity (Wildman–Crippen MR) is 90.4 cm³/mol. The number of allylic oxidation sites excluding steroid dienone is 2.